The van der Waals surface area contributed by atoms with Crippen molar-refractivity contribution in [3.05, 3.63) is 29.6 Å². The fraction of sp³-hybridized carbons (Fsp3) is 0.364. The summed E-state index contributed by atoms with van der Waals surface area (Å²) in [5.74, 6) is -0.895. The molecular formula is C11H12FNO2. The van der Waals surface area contributed by atoms with Crippen molar-refractivity contribution in [3.63, 3.8) is 0 Å². The number of halogens is 1. The molecule has 2 N–H and O–H groups in total. The average molecular weight is 209 g/mol. The van der Waals surface area contributed by atoms with Crippen molar-refractivity contribution in [2.24, 2.45) is 0 Å². The van der Waals surface area contributed by atoms with E-state index in [-0.39, 0.29) is 23.1 Å². The zero-order valence-corrected chi connectivity index (χ0v) is 8.16. The molecule has 1 heterocycles. The van der Waals surface area contributed by atoms with Gasteiger partial charge in [-0.2, -0.15) is 0 Å². The minimum absolute atomic E-state index is 0.0643. The fourth-order valence-corrected chi connectivity index (χ4v) is 1.80. The number of Topliss-reactive ketones (excluding diaryl/α,β-unsaturated/α-hetero) is 1. The fourth-order valence-electron chi connectivity index (χ4n) is 1.80. The van der Waals surface area contributed by atoms with Gasteiger partial charge in [-0.15, -0.1) is 0 Å². The van der Waals surface area contributed by atoms with Gasteiger partial charge in [0.15, 0.2) is 5.78 Å². The topological polar surface area (TPSA) is 49.3 Å². The summed E-state index contributed by atoms with van der Waals surface area (Å²) in [5, 5.41) is 12.5. The molecule has 4 heteroatoms. The maximum atomic E-state index is 12.9. The summed E-state index contributed by atoms with van der Waals surface area (Å²) in [7, 11) is 0. The van der Waals surface area contributed by atoms with Crippen LogP contribution in [0.3, 0.4) is 0 Å². The first-order valence-corrected chi connectivity index (χ1v) is 4.94. The van der Waals surface area contributed by atoms with Gasteiger partial charge in [-0.1, -0.05) is 0 Å². The van der Waals surface area contributed by atoms with E-state index in [1.807, 2.05) is 0 Å². The molecule has 1 aliphatic heterocycles. The quantitative estimate of drug-likeness (QED) is 0.725. The maximum absolute atomic E-state index is 12.9. The molecule has 1 aromatic carbocycles. The molecule has 0 amide bonds. The van der Waals surface area contributed by atoms with E-state index in [0.717, 1.165) is 31.5 Å². The van der Waals surface area contributed by atoms with E-state index >= 15 is 0 Å². The summed E-state index contributed by atoms with van der Waals surface area (Å²) in [6.45, 7) is 0.798. The lowest BCUT2D eigenvalue weighted by atomic mass is 10.0. The second-order valence-corrected chi connectivity index (χ2v) is 3.67. The molecular weight excluding hydrogens is 197 g/mol. The van der Waals surface area contributed by atoms with E-state index in [2.05, 4.69) is 5.32 Å². The van der Waals surface area contributed by atoms with Crippen molar-refractivity contribution >= 4 is 5.78 Å². The molecule has 0 aromatic heterocycles. The van der Waals surface area contributed by atoms with Crippen LogP contribution in [0, 0.1) is 5.82 Å². The highest BCUT2D eigenvalue weighted by molar-refractivity contribution is 6.02. The van der Waals surface area contributed by atoms with Gasteiger partial charge in [0, 0.05) is 0 Å². The van der Waals surface area contributed by atoms with E-state index in [9.17, 15) is 14.3 Å². The molecule has 80 valence electrons. The Balaban J connectivity index is 2.27. The standard InChI is InChI=1S/C11H12FNO2/c12-7-3-4-10(14)8(6-7)11(15)9-2-1-5-13-9/h3-4,6,9,13-14H,1-2,5H2. The summed E-state index contributed by atoms with van der Waals surface area (Å²) < 4.78 is 12.9. The monoisotopic (exact) mass is 209 g/mol. The van der Waals surface area contributed by atoms with Crippen molar-refractivity contribution in [1.29, 1.82) is 0 Å². The van der Waals surface area contributed by atoms with Gasteiger partial charge in [0.25, 0.3) is 0 Å². The number of hydrogen-bond donors (Lipinski definition) is 2. The Morgan fingerprint density at radius 3 is 3.00 bits per heavy atom. The molecule has 2 rings (SSSR count). The third-order valence-electron chi connectivity index (χ3n) is 2.60. The van der Waals surface area contributed by atoms with Gasteiger partial charge in [0.1, 0.15) is 11.6 Å². The molecule has 0 saturated carbocycles. The first-order valence-electron chi connectivity index (χ1n) is 4.94. The number of rotatable bonds is 2. The highest BCUT2D eigenvalue weighted by atomic mass is 19.1. The maximum Gasteiger partial charge on any atom is 0.183 e. The van der Waals surface area contributed by atoms with Gasteiger partial charge in [-0.05, 0) is 37.6 Å². The molecule has 1 unspecified atom stereocenters. The van der Waals surface area contributed by atoms with E-state index in [1.54, 1.807) is 0 Å². The smallest absolute Gasteiger partial charge is 0.183 e. The highest BCUT2D eigenvalue weighted by Crippen LogP contribution is 2.21. The molecule has 0 spiro atoms. The number of phenols is 1. The molecule has 1 aromatic rings. The number of carbonyl (C=O) groups excluding carboxylic acids is 1. The Bertz CT molecular complexity index is 386. The van der Waals surface area contributed by atoms with E-state index in [4.69, 9.17) is 0 Å². The molecule has 1 aliphatic rings. The molecule has 0 bridgehead atoms. The number of ketones is 1. The first-order chi connectivity index (χ1) is 7.18. The average Bonchev–Trinajstić information content (AvgIpc) is 2.74. The summed E-state index contributed by atoms with van der Waals surface area (Å²) in [6, 6.07) is 3.14. The predicted molar refractivity (Wildman–Crippen MR) is 53.4 cm³/mol. The zero-order chi connectivity index (χ0) is 10.8. The number of carbonyl (C=O) groups is 1. The predicted octanol–water partition coefficient (Wildman–Crippen LogP) is 1.47. The van der Waals surface area contributed by atoms with Gasteiger partial charge in [-0.3, -0.25) is 4.79 Å². The van der Waals surface area contributed by atoms with Crippen LogP contribution in [0.1, 0.15) is 23.2 Å². The van der Waals surface area contributed by atoms with Gasteiger partial charge < -0.3 is 10.4 Å². The van der Waals surface area contributed by atoms with Crippen LogP contribution < -0.4 is 5.32 Å². The molecule has 1 saturated heterocycles. The summed E-state index contributed by atoms with van der Waals surface area (Å²) in [4.78, 5) is 11.8. The molecule has 15 heavy (non-hydrogen) atoms. The lowest BCUT2D eigenvalue weighted by Crippen LogP contribution is -2.30. The van der Waals surface area contributed by atoms with Crippen LogP contribution in [-0.4, -0.2) is 23.5 Å². The van der Waals surface area contributed by atoms with Crippen LogP contribution in [0.4, 0.5) is 4.39 Å². The van der Waals surface area contributed by atoms with Crippen molar-refractivity contribution in [1.82, 2.24) is 5.32 Å². The molecule has 0 aliphatic carbocycles. The largest absolute Gasteiger partial charge is 0.507 e. The number of nitrogens with one attached hydrogen (secondary N) is 1. The normalized spacial score (nSPS) is 20.5. The van der Waals surface area contributed by atoms with Crippen molar-refractivity contribution in [2.75, 3.05) is 6.54 Å². The van der Waals surface area contributed by atoms with E-state index < -0.39 is 5.82 Å². The molecule has 0 radical (unpaired) electrons. The number of hydrogen-bond acceptors (Lipinski definition) is 3. The SMILES string of the molecule is O=C(c1cc(F)ccc1O)C1CCCN1. The Morgan fingerprint density at radius 2 is 2.33 bits per heavy atom. The minimum Gasteiger partial charge on any atom is -0.507 e. The minimum atomic E-state index is -0.505. The number of benzene rings is 1. The third kappa shape index (κ3) is 1.99. The second kappa shape index (κ2) is 3.98. The molecule has 1 atom stereocenters. The lowest BCUT2D eigenvalue weighted by Gasteiger charge is -2.10. The van der Waals surface area contributed by atoms with Crippen LogP contribution in [0.2, 0.25) is 0 Å². The Hall–Kier alpha value is -1.42. The van der Waals surface area contributed by atoms with Crippen LogP contribution in [0.5, 0.6) is 5.75 Å². The van der Waals surface area contributed by atoms with Gasteiger partial charge in [0.2, 0.25) is 0 Å². The zero-order valence-electron chi connectivity index (χ0n) is 8.16. The van der Waals surface area contributed by atoms with Crippen LogP contribution in [0.15, 0.2) is 18.2 Å². The van der Waals surface area contributed by atoms with Crippen molar-refractivity contribution < 1.29 is 14.3 Å². The van der Waals surface area contributed by atoms with Gasteiger partial charge in [0.05, 0.1) is 11.6 Å². The van der Waals surface area contributed by atoms with Gasteiger partial charge >= 0.3 is 0 Å². The molecule has 3 nitrogen and oxygen atoms in total. The molecule has 1 fully saturated rings. The van der Waals surface area contributed by atoms with Crippen LogP contribution in [-0.2, 0) is 0 Å². The Labute approximate surface area is 86.9 Å². The summed E-state index contributed by atoms with van der Waals surface area (Å²) >= 11 is 0. The number of phenolic OH excluding ortho intramolecular Hbond substituents is 1. The van der Waals surface area contributed by atoms with Crippen LogP contribution in [0.25, 0.3) is 0 Å². The Kier molecular flexibility index (Phi) is 2.68. The number of aromatic hydroxyl groups is 1. The first kappa shape index (κ1) is 10.1. The van der Waals surface area contributed by atoms with Crippen molar-refractivity contribution in [2.45, 2.75) is 18.9 Å². The third-order valence-corrected chi connectivity index (χ3v) is 2.60. The van der Waals surface area contributed by atoms with Crippen LogP contribution >= 0.6 is 0 Å². The van der Waals surface area contributed by atoms with Gasteiger partial charge in [-0.25, -0.2) is 4.39 Å². The lowest BCUT2D eigenvalue weighted by molar-refractivity contribution is 0.0949. The van der Waals surface area contributed by atoms with E-state index in [1.165, 1.54) is 6.07 Å². The summed E-state index contributed by atoms with van der Waals surface area (Å²) in [6.07, 6.45) is 1.68. The Morgan fingerprint density at radius 1 is 1.53 bits per heavy atom. The highest BCUT2D eigenvalue weighted by Gasteiger charge is 2.25. The van der Waals surface area contributed by atoms with E-state index in [0.29, 0.717) is 0 Å². The summed E-state index contributed by atoms with van der Waals surface area (Å²) in [5.41, 5.74) is 0.0643. The van der Waals surface area contributed by atoms with Crippen molar-refractivity contribution in [3.8, 4) is 5.75 Å². The second-order valence-electron chi connectivity index (χ2n) is 3.67.